The first-order chi connectivity index (χ1) is 28.0. The van der Waals surface area contributed by atoms with Crippen molar-refractivity contribution in [3.05, 3.63) is 208 Å². The summed E-state index contributed by atoms with van der Waals surface area (Å²) in [5.74, 6) is 1.87. The number of nitrogens with one attached hydrogen (secondary N) is 2. The SMILES string of the molecule is CC1(C)C2=CC3c4ccccc4C4(CCCCC4)C3C=C2c2c(-c3cccc(-c4ccc(C5NC(c6ccccc6)=NC(c6ccccc6)N5)cc4)c3)cccc21. The van der Waals surface area contributed by atoms with Gasteiger partial charge < -0.3 is 5.32 Å². The van der Waals surface area contributed by atoms with Crippen LogP contribution >= 0.6 is 0 Å². The Morgan fingerprint density at radius 1 is 0.579 bits per heavy atom. The van der Waals surface area contributed by atoms with Crippen LogP contribution in [0.3, 0.4) is 0 Å². The van der Waals surface area contributed by atoms with Crippen molar-refractivity contribution >= 4 is 11.4 Å². The van der Waals surface area contributed by atoms with E-state index in [1.807, 2.05) is 6.07 Å². The average Bonchev–Trinajstić information content (AvgIpc) is 3.67. The van der Waals surface area contributed by atoms with Gasteiger partial charge in [0.15, 0.2) is 0 Å². The Hall–Kier alpha value is -5.77. The fraction of sp³-hybridized carbons (Fsp3) is 0.241. The van der Waals surface area contributed by atoms with Gasteiger partial charge in [0, 0.05) is 22.3 Å². The summed E-state index contributed by atoms with van der Waals surface area (Å²) in [6.45, 7) is 4.90. The van der Waals surface area contributed by atoms with Crippen molar-refractivity contribution in [2.45, 2.75) is 75.0 Å². The van der Waals surface area contributed by atoms with Crippen molar-refractivity contribution < 1.29 is 0 Å². The van der Waals surface area contributed by atoms with Gasteiger partial charge in [-0.3, -0.25) is 5.32 Å². The van der Waals surface area contributed by atoms with Gasteiger partial charge in [0.05, 0.1) is 0 Å². The molecule has 1 saturated carbocycles. The molecule has 280 valence electrons. The third-order valence-electron chi connectivity index (χ3n) is 14.1. The van der Waals surface area contributed by atoms with Gasteiger partial charge in [0.25, 0.3) is 0 Å². The van der Waals surface area contributed by atoms with Crippen molar-refractivity contribution in [1.29, 1.82) is 0 Å². The smallest absolute Gasteiger partial charge is 0.131 e. The van der Waals surface area contributed by atoms with Gasteiger partial charge in [0.2, 0.25) is 0 Å². The summed E-state index contributed by atoms with van der Waals surface area (Å²) in [6, 6.07) is 55.7. The zero-order valence-electron chi connectivity index (χ0n) is 32.9. The topological polar surface area (TPSA) is 36.4 Å². The molecule has 6 aromatic rings. The van der Waals surface area contributed by atoms with Crippen LogP contribution < -0.4 is 10.6 Å². The second-order valence-electron chi connectivity index (χ2n) is 17.5. The largest absolute Gasteiger partial charge is 0.350 e. The summed E-state index contributed by atoms with van der Waals surface area (Å²) in [4.78, 5) is 5.09. The molecule has 1 spiro atoms. The van der Waals surface area contributed by atoms with E-state index < -0.39 is 0 Å². The maximum atomic E-state index is 5.09. The van der Waals surface area contributed by atoms with Crippen molar-refractivity contribution in [1.82, 2.24) is 10.6 Å². The summed E-state index contributed by atoms with van der Waals surface area (Å²) in [7, 11) is 0. The molecule has 1 fully saturated rings. The lowest BCUT2D eigenvalue weighted by atomic mass is 9.62. The Morgan fingerprint density at radius 3 is 2.07 bits per heavy atom. The van der Waals surface area contributed by atoms with Gasteiger partial charge in [0.1, 0.15) is 18.2 Å². The fourth-order valence-corrected chi connectivity index (χ4v) is 11.3. The normalized spacial score (nSPS) is 23.6. The molecule has 4 aliphatic carbocycles. The number of fused-ring (bicyclic) bond motifs is 8. The van der Waals surface area contributed by atoms with Crippen molar-refractivity contribution in [2.75, 3.05) is 0 Å². The molecule has 1 aliphatic heterocycles. The van der Waals surface area contributed by atoms with Crippen LogP contribution in [0, 0.1) is 5.92 Å². The molecule has 6 aromatic carbocycles. The molecule has 4 atom stereocenters. The van der Waals surface area contributed by atoms with Crippen molar-refractivity contribution in [3.8, 4) is 22.3 Å². The maximum Gasteiger partial charge on any atom is 0.131 e. The quantitative estimate of drug-likeness (QED) is 0.185. The number of rotatable bonds is 5. The standard InChI is InChI=1S/C54H49N3/c1-53(2)46-25-15-23-41(49(46)44-34-48-43(33-47(44)53)42-22-10-11-24-45(42)54(48)30-12-5-13-31-54)40-21-14-20-39(32-40)35-26-28-38(29-27-35)52-56-50(36-16-6-3-7-17-36)55-51(57-52)37-18-8-4-9-19-37/h3-4,6-11,14-29,32-34,43,48,50,52,56H,5,12-13,30-31H2,1-2H3,(H,55,57). The Balaban J connectivity index is 0.932. The molecule has 57 heavy (non-hydrogen) atoms. The third-order valence-corrected chi connectivity index (χ3v) is 14.1. The van der Waals surface area contributed by atoms with Gasteiger partial charge in [-0.2, -0.15) is 0 Å². The number of allylic oxidation sites excluding steroid dienone is 4. The van der Waals surface area contributed by atoms with E-state index >= 15 is 0 Å². The molecule has 0 radical (unpaired) electrons. The lowest BCUT2D eigenvalue weighted by Gasteiger charge is -2.42. The second kappa shape index (κ2) is 13.4. The predicted molar refractivity (Wildman–Crippen MR) is 235 cm³/mol. The van der Waals surface area contributed by atoms with Crippen LogP contribution in [0.4, 0.5) is 0 Å². The molecule has 11 rings (SSSR count). The minimum Gasteiger partial charge on any atom is -0.350 e. The van der Waals surface area contributed by atoms with Crippen molar-refractivity contribution in [2.24, 2.45) is 10.9 Å². The number of nitrogens with zero attached hydrogens (tertiary/aromatic N) is 1. The molecule has 0 saturated heterocycles. The number of amidine groups is 1. The van der Waals surface area contributed by atoms with Gasteiger partial charge in [-0.25, -0.2) is 4.99 Å². The highest BCUT2D eigenvalue weighted by molar-refractivity contribution is 6.00. The number of benzene rings is 6. The molecule has 3 nitrogen and oxygen atoms in total. The van der Waals surface area contributed by atoms with Gasteiger partial charge in [-0.1, -0.05) is 191 Å². The van der Waals surface area contributed by atoms with Crippen LogP contribution in [0.15, 0.2) is 174 Å². The molecular formula is C54H49N3. The fourth-order valence-electron chi connectivity index (χ4n) is 11.3. The number of hydrogen-bond acceptors (Lipinski definition) is 3. The first kappa shape index (κ1) is 34.5. The van der Waals surface area contributed by atoms with Crippen LogP contribution in [-0.4, -0.2) is 5.84 Å². The zero-order chi connectivity index (χ0) is 38.1. The van der Waals surface area contributed by atoms with Gasteiger partial charge in [-0.05, 0) is 91.6 Å². The van der Waals surface area contributed by atoms with Crippen LogP contribution in [0.25, 0.3) is 27.8 Å². The highest BCUT2D eigenvalue weighted by atomic mass is 15.3. The lowest BCUT2D eigenvalue weighted by Crippen LogP contribution is -2.44. The van der Waals surface area contributed by atoms with Crippen LogP contribution in [0.5, 0.6) is 0 Å². The number of hydrogen-bond donors (Lipinski definition) is 2. The molecular weight excluding hydrogens is 691 g/mol. The molecule has 3 heteroatoms. The molecule has 4 unspecified atom stereocenters. The molecule has 5 aliphatic rings. The van der Waals surface area contributed by atoms with E-state index in [4.69, 9.17) is 4.99 Å². The van der Waals surface area contributed by atoms with E-state index in [0.29, 0.717) is 11.8 Å². The zero-order valence-corrected chi connectivity index (χ0v) is 32.9. The first-order valence-corrected chi connectivity index (χ1v) is 21.1. The summed E-state index contributed by atoms with van der Waals surface area (Å²) >= 11 is 0. The molecule has 0 amide bonds. The van der Waals surface area contributed by atoms with Gasteiger partial charge in [-0.15, -0.1) is 0 Å². The molecule has 0 bridgehead atoms. The molecule has 2 N–H and O–H groups in total. The summed E-state index contributed by atoms with van der Waals surface area (Å²) < 4.78 is 0. The third kappa shape index (κ3) is 5.54. The minimum atomic E-state index is -0.153. The van der Waals surface area contributed by atoms with E-state index in [0.717, 1.165) is 17.0 Å². The van der Waals surface area contributed by atoms with E-state index in [2.05, 4.69) is 182 Å². The molecule has 1 heterocycles. The highest BCUT2D eigenvalue weighted by Crippen LogP contribution is 2.64. The minimum absolute atomic E-state index is 0.0569. The summed E-state index contributed by atoms with van der Waals surface area (Å²) in [5.41, 5.74) is 17.8. The second-order valence-corrected chi connectivity index (χ2v) is 17.5. The Bertz CT molecular complexity index is 2590. The van der Waals surface area contributed by atoms with E-state index in [-0.39, 0.29) is 23.2 Å². The lowest BCUT2D eigenvalue weighted by molar-refractivity contribution is 0.233. The monoisotopic (exact) mass is 739 g/mol. The Kier molecular flexibility index (Phi) is 8.12. The van der Waals surface area contributed by atoms with Crippen LogP contribution in [0.2, 0.25) is 0 Å². The summed E-state index contributed by atoms with van der Waals surface area (Å²) in [5, 5.41) is 7.45. The molecule has 0 aromatic heterocycles. The van der Waals surface area contributed by atoms with Crippen LogP contribution in [0.1, 0.15) is 103 Å². The average molecular weight is 740 g/mol. The van der Waals surface area contributed by atoms with Crippen LogP contribution in [-0.2, 0) is 10.8 Å². The first-order valence-electron chi connectivity index (χ1n) is 21.1. The highest BCUT2D eigenvalue weighted by Gasteiger charge is 2.54. The Labute approximate surface area is 337 Å². The van der Waals surface area contributed by atoms with Crippen molar-refractivity contribution in [3.63, 3.8) is 0 Å². The summed E-state index contributed by atoms with van der Waals surface area (Å²) in [6.07, 6.45) is 11.9. The predicted octanol–water partition coefficient (Wildman–Crippen LogP) is 12.6. The van der Waals surface area contributed by atoms with E-state index in [1.54, 1.807) is 11.1 Å². The van der Waals surface area contributed by atoms with E-state index in [1.165, 1.54) is 82.2 Å². The maximum absolute atomic E-state index is 5.09. The van der Waals surface area contributed by atoms with Gasteiger partial charge >= 0.3 is 0 Å². The van der Waals surface area contributed by atoms with E-state index in [9.17, 15) is 0 Å². The number of aliphatic imine (C=N–C) groups is 1. The Morgan fingerprint density at radius 2 is 1.26 bits per heavy atom.